The van der Waals surface area contributed by atoms with Crippen molar-refractivity contribution in [3.63, 3.8) is 0 Å². The summed E-state index contributed by atoms with van der Waals surface area (Å²) in [6.07, 6.45) is 3.35. The van der Waals surface area contributed by atoms with Crippen molar-refractivity contribution in [3.8, 4) is 6.07 Å². The highest BCUT2D eigenvalue weighted by Crippen LogP contribution is 2.40. The van der Waals surface area contributed by atoms with Gasteiger partial charge in [0.25, 0.3) is 17.5 Å². The van der Waals surface area contributed by atoms with Gasteiger partial charge >= 0.3 is 0 Å². The monoisotopic (exact) mass is 538 g/mol. The van der Waals surface area contributed by atoms with Gasteiger partial charge in [0, 0.05) is 22.8 Å². The molecule has 2 amide bonds. The van der Waals surface area contributed by atoms with Gasteiger partial charge in [-0.2, -0.15) is 9.66 Å². The molecule has 0 spiro atoms. The zero-order valence-corrected chi connectivity index (χ0v) is 20.8. The molecule has 0 aromatic carbocycles. The van der Waals surface area contributed by atoms with Crippen LogP contribution in [0.5, 0.6) is 0 Å². The molecule has 2 aliphatic heterocycles. The number of oxime groups is 1. The van der Waals surface area contributed by atoms with E-state index in [1.165, 1.54) is 24.3 Å². The first-order valence-electron chi connectivity index (χ1n) is 10.7. The van der Waals surface area contributed by atoms with Gasteiger partial charge in [-0.05, 0) is 6.07 Å². The van der Waals surface area contributed by atoms with Gasteiger partial charge in [-0.3, -0.25) is 14.5 Å². The smallest absolute Gasteiger partial charge is 0.287 e. The fraction of sp³-hybridized carbons (Fsp3) is 0.227. The molecule has 0 unspecified atom stereocenters. The van der Waals surface area contributed by atoms with Crippen molar-refractivity contribution in [1.29, 1.82) is 5.26 Å². The first-order valence-corrected chi connectivity index (χ1v) is 12.7. The molecule has 0 aliphatic carbocycles. The van der Waals surface area contributed by atoms with Crippen LogP contribution in [0.4, 0.5) is 5.13 Å². The number of carboxylic acid groups (broad SMARTS) is 1. The SMILES string of the molecule is CO/N=C(\C(=O)N[C@@H]1C(=O)N2C(C(=O)[O-])=C(Cn3cc(C#N)[n+]4ccccc34)CS[C@@H]12)c1csc(N)n1. The van der Waals surface area contributed by atoms with Crippen LogP contribution in [0.2, 0.25) is 0 Å². The molecule has 0 radical (unpaired) electrons. The number of carbonyl (C=O) groups is 3. The summed E-state index contributed by atoms with van der Waals surface area (Å²) < 4.78 is 3.43. The Balaban J connectivity index is 1.40. The number of nitrogens with two attached hydrogens (primary N) is 1. The lowest BCUT2D eigenvalue weighted by molar-refractivity contribution is -0.513. The molecule has 2 aliphatic rings. The summed E-state index contributed by atoms with van der Waals surface area (Å²) in [5, 5.41) is 29.0. The summed E-state index contributed by atoms with van der Waals surface area (Å²) >= 11 is 2.42. The molecule has 13 nitrogen and oxygen atoms in total. The van der Waals surface area contributed by atoms with Crippen molar-refractivity contribution in [2.75, 3.05) is 18.6 Å². The Morgan fingerprint density at radius 3 is 2.95 bits per heavy atom. The van der Waals surface area contributed by atoms with Crippen LogP contribution in [-0.4, -0.2) is 62.2 Å². The zero-order valence-electron chi connectivity index (χ0n) is 19.2. The Labute approximate surface area is 217 Å². The number of fused-ring (bicyclic) bond motifs is 2. The van der Waals surface area contributed by atoms with Crippen LogP contribution in [0.25, 0.3) is 5.65 Å². The molecule has 3 N–H and O–H groups in total. The fourth-order valence-corrected chi connectivity index (χ4v) is 6.14. The lowest BCUT2D eigenvalue weighted by atomic mass is 10.0. The van der Waals surface area contributed by atoms with Crippen molar-refractivity contribution in [2.45, 2.75) is 18.0 Å². The quantitative estimate of drug-likeness (QED) is 0.158. The second-order valence-corrected chi connectivity index (χ2v) is 9.97. The van der Waals surface area contributed by atoms with Crippen molar-refractivity contribution < 1.29 is 28.7 Å². The Morgan fingerprint density at radius 1 is 1.46 bits per heavy atom. The standard InChI is InChI=1S/C22H18N8O5S2/c1-35-27-15(13-10-37-22(24)25-13)18(31)26-16-19(32)30-17(21(33)34)11(9-36-20(16)30)7-28-8-12(6-23)29-5-3-2-4-14(28)29/h2-5,8,10,16,20H,7,9H2,1H3,(H3-,24,25,26,31,33,34)/b27-15-/t16-,20+/m1/s1. The first-order chi connectivity index (χ1) is 17.8. The average Bonchev–Trinajstić information content (AvgIpc) is 3.48. The number of carbonyl (C=O) groups excluding carboxylic acids is 3. The number of rotatable bonds is 7. The number of thioether (sulfide) groups is 1. The summed E-state index contributed by atoms with van der Waals surface area (Å²) in [7, 11) is 1.26. The molecular weight excluding hydrogens is 520 g/mol. The number of thiazole rings is 1. The second kappa shape index (κ2) is 9.56. The molecule has 5 heterocycles. The highest BCUT2D eigenvalue weighted by Gasteiger charge is 2.53. The minimum atomic E-state index is -1.50. The van der Waals surface area contributed by atoms with E-state index >= 15 is 0 Å². The number of pyridine rings is 1. The highest BCUT2D eigenvalue weighted by atomic mass is 32.2. The molecule has 3 aromatic heterocycles. The van der Waals surface area contributed by atoms with E-state index in [1.807, 2.05) is 0 Å². The molecule has 0 saturated carbocycles. The van der Waals surface area contributed by atoms with E-state index in [-0.39, 0.29) is 34.5 Å². The van der Waals surface area contributed by atoms with Crippen LogP contribution in [0.15, 0.2) is 52.4 Å². The van der Waals surface area contributed by atoms with Gasteiger partial charge in [0.05, 0.1) is 17.9 Å². The maximum Gasteiger partial charge on any atom is 0.287 e. The number of hydrogen-bond acceptors (Lipinski definition) is 11. The lowest BCUT2D eigenvalue weighted by Crippen LogP contribution is -2.71. The number of aliphatic carboxylic acids is 1. The Hall–Kier alpha value is -4.42. The molecule has 2 atom stereocenters. The topological polar surface area (TPSA) is 183 Å². The van der Waals surface area contributed by atoms with Crippen molar-refractivity contribution in [3.05, 3.63) is 58.6 Å². The van der Waals surface area contributed by atoms with Gasteiger partial charge in [-0.25, -0.2) is 9.55 Å². The van der Waals surface area contributed by atoms with Crippen molar-refractivity contribution >= 4 is 57.4 Å². The summed E-state index contributed by atoms with van der Waals surface area (Å²) in [5.41, 5.74) is 6.94. The van der Waals surface area contributed by atoms with Crippen LogP contribution in [-0.2, 0) is 25.8 Å². The number of nitrogens with zero attached hydrogens (tertiary/aromatic N) is 6. The van der Waals surface area contributed by atoms with Crippen LogP contribution in [0, 0.1) is 11.3 Å². The summed E-state index contributed by atoms with van der Waals surface area (Å²) in [5.74, 6) is -2.54. The maximum atomic E-state index is 13.0. The summed E-state index contributed by atoms with van der Waals surface area (Å²) in [4.78, 5) is 48.0. The molecule has 188 valence electrons. The maximum absolute atomic E-state index is 13.0. The van der Waals surface area contributed by atoms with E-state index in [0.717, 1.165) is 16.2 Å². The molecule has 1 saturated heterocycles. The number of aromatic nitrogens is 3. The number of nitrogen functional groups attached to an aromatic ring is 1. The summed E-state index contributed by atoms with van der Waals surface area (Å²) in [6, 6.07) is 6.51. The number of carboxylic acids is 1. The molecular formula is C22H18N8O5S2. The van der Waals surface area contributed by atoms with Gasteiger partial charge in [-0.15, -0.1) is 23.1 Å². The highest BCUT2D eigenvalue weighted by molar-refractivity contribution is 8.00. The normalized spacial score (nSPS) is 19.3. The third-order valence-electron chi connectivity index (χ3n) is 5.84. The number of hydrogen-bond donors (Lipinski definition) is 2. The molecule has 37 heavy (non-hydrogen) atoms. The lowest BCUT2D eigenvalue weighted by Gasteiger charge is -2.50. The van der Waals surface area contributed by atoms with E-state index < -0.39 is 29.2 Å². The third-order valence-corrected chi connectivity index (χ3v) is 7.85. The number of anilines is 1. The van der Waals surface area contributed by atoms with E-state index in [9.17, 15) is 24.8 Å². The van der Waals surface area contributed by atoms with Crippen molar-refractivity contribution in [1.82, 2.24) is 19.8 Å². The largest absolute Gasteiger partial charge is 0.543 e. The zero-order chi connectivity index (χ0) is 26.3. The number of β-lactam (4-membered cyclic amide) rings is 1. The number of nitriles is 1. The van der Waals surface area contributed by atoms with Crippen LogP contribution in [0.3, 0.4) is 0 Å². The molecule has 15 heteroatoms. The first kappa shape index (κ1) is 24.3. The van der Waals surface area contributed by atoms with Gasteiger partial charge in [0.2, 0.25) is 5.69 Å². The molecule has 3 aromatic rings. The van der Waals surface area contributed by atoms with Crippen LogP contribution < -0.4 is 20.6 Å². The van der Waals surface area contributed by atoms with Gasteiger partial charge in [0.1, 0.15) is 43.0 Å². The Bertz CT molecular complexity index is 1550. The van der Waals surface area contributed by atoms with Gasteiger partial charge < -0.3 is 25.8 Å². The minimum Gasteiger partial charge on any atom is -0.543 e. The van der Waals surface area contributed by atoms with Crippen LogP contribution in [0.1, 0.15) is 11.4 Å². The molecule has 5 rings (SSSR count). The Kier molecular flexibility index (Phi) is 6.27. The van der Waals surface area contributed by atoms with E-state index in [0.29, 0.717) is 16.9 Å². The average molecular weight is 539 g/mol. The summed E-state index contributed by atoms with van der Waals surface area (Å²) in [6.45, 7) is 0.134. The predicted octanol–water partition coefficient (Wildman–Crippen LogP) is -1.41. The van der Waals surface area contributed by atoms with Crippen LogP contribution >= 0.6 is 23.1 Å². The van der Waals surface area contributed by atoms with Gasteiger partial charge in [-0.1, -0.05) is 11.2 Å². The fourth-order valence-electron chi connectivity index (χ4n) is 4.26. The van der Waals surface area contributed by atoms with E-state index in [2.05, 4.69) is 21.5 Å². The van der Waals surface area contributed by atoms with Crippen molar-refractivity contribution in [2.24, 2.45) is 5.16 Å². The minimum absolute atomic E-state index is 0.134. The van der Waals surface area contributed by atoms with E-state index in [1.54, 1.807) is 39.6 Å². The molecule has 1 fully saturated rings. The number of amides is 2. The third kappa shape index (κ3) is 4.15. The number of imidazole rings is 1. The Morgan fingerprint density at radius 2 is 2.27 bits per heavy atom. The number of nitrogens with one attached hydrogen (secondary N) is 1. The second-order valence-electron chi connectivity index (χ2n) is 7.98. The predicted molar refractivity (Wildman–Crippen MR) is 129 cm³/mol. The van der Waals surface area contributed by atoms with E-state index in [4.69, 9.17) is 10.6 Å². The molecule has 0 bridgehead atoms. The van der Waals surface area contributed by atoms with Gasteiger partial charge in [0.15, 0.2) is 10.8 Å².